The molecule has 0 saturated carbocycles. The highest BCUT2D eigenvalue weighted by Gasteiger charge is 2.24. The number of likely N-dealkylation sites (tertiary alicyclic amines) is 1. The highest BCUT2D eigenvalue weighted by Crippen LogP contribution is 2.26. The van der Waals surface area contributed by atoms with Gasteiger partial charge in [0, 0.05) is 19.0 Å². The summed E-state index contributed by atoms with van der Waals surface area (Å²) in [4.78, 5) is 2.30. The van der Waals surface area contributed by atoms with Gasteiger partial charge < -0.3 is 15.7 Å². The van der Waals surface area contributed by atoms with Gasteiger partial charge in [-0.2, -0.15) is 0 Å². The van der Waals surface area contributed by atoms with Gasteiger partial charge in [-0.1, -0.05) is 24.3 Å². The molecule has 1 saturated heterocycles. The molecule has 82 valence electrons. The highest BCUT2D eigenvalue weighted by atomic mass is 16.3. The number of rotatable bonds is 3. The summed E-state index contributed by atoms with van der Waals surface area (Å²) in [6.07, 6.45) is 0. The van der Waals surface area contributed by atoms with Crippen LogP contribution >= 0.6 is 0 Å². The fourth-order valence-corrected chi connectivity index (χ4v) is 2.03. The lowest BCUT2D eigenvalue weighted by Crippen LogP contribution is -2.41. The first-order chi connectivity index (χ1) is 7.20. The summed E-state index contributed by atoms with van der Waals surface area (Å²) in [5.41, 5.74) is 8.12. The molecule has 0 aliphatic carbocycles. The van der Waals surface area contributed by atoms with Crippen molar-refractivity contribution in [2.24, 2.45) is 5.73 Å². The van der Waals surface area contributed by atoms with Crippen LogP contribution in [0.1, 0.15) is 23.1 Å². The van der Waals surface area contributed by atoms with Gasteiger partial charge >= 0.3 is 0 Å². The van der Waals surface area contributed by atoms with Crippen LogP contribution in [-0.4, -0.2) is 36.8 Å². The van der Waals surface area contributed by atoms with Crippen LogP contribution < -0.4 is 5.73 Å². The third-order valence-electron chi connectivity index (χ3n) is 3.10. The van der Waals surface area contributed by atoms with E-state index in [0.29, 0.717) is 5.92 Å². The summed E-state index contributed by atoms with van der Waals surface area (Å²) in [6.45, 7) is 2.29. The van der Waals surface area contributed by atoms with Gasteiger partial charge in [0.05, 0.1) is 12.6 Å². The quantitative estimate of drug-likeness (QED) is 0.765. The van der Waals surface area contributed by atoms with Crippen molar-refractivity contribution in [2.75, 3.05) is 26.7 Å². The maximum atomic E-state index is 8.93. The van der Waals surface area contributed by atoms with Gasteiger partial charge in [0.15, 0.2) is 0 Å². The number of benzene rings is 1. The van der Waals surface area contributed by atoms with Crippen molar-refractivity contribution in [1.82, 2.24) is 4.90 Å². The van der Waals surface area contributed by atoms with Crippen molar-refractivity contribution in [3.63, 3.8) is 0 Å². The Bertz CT molecular complexity index is 317. The van der Waals surface area contributed by atoms with Crippen LogP contribution in [0.3, 0.4) is 0 Å². The molecule has 1 aliphatic heterocycles. The molecule has 1 atom stereocenters. The first-order valence-electron chi connectivity index (χ1n) is 5.35. The summed E-state index contributed by atoms with van der Waals surface area (Å²) < 4.78 is 0. The Hall–Kier alpha value is -0.900. The number of aliphatic hydroxyl groups is 1. The lowest BCUT2D eigenvalue weighted by molar-refractivity contribution is 0.189. The SMILES string of the molecule is CN1CC(c2ccc(C(N)CO)cc2)C1. The molecule has 0 amide bonds. The molecule has 0 aromatic heterocycles. The smallest absolute Gasteiger partial charge is 0.0624 e. The van der Waals surface area contributed by atoms with Crippen molar-refractivity contribution < 1.29 is 5.11 Å². The van der Waals surface area contributed by atoms with Gasteiger partial charge in [-0.25, -0.2) is 0 Å². The van der Waals surface area contributed by atoms with E-state index in [1.165, 1.54) is 5.56 Å². The van der Waals surface area contributed by atoms with Crippen molar-refractivity contribution >= 4 is 0 Å². The Morgan fingerprint density at radius 1 is 1.40 bits per heavy atom. The molecule has 1 heterocycles. The molecule has 15 heavy (non-hydrogen) atoms. The second-order valence-electron chi connectivity index (χ2n) is 4.37. The van der Waals surface area contributed by atoms with Gasteiger partial charge in [-0.3, -0.25) is 0 Å². The standard InChI is InChI=1S/C12H18N2O/c1-14-6-11(7-14)9-2-4-10(5-3-9)12(13)8-15/h2-5,11-12,15H,6-8,13H2,1H3. The third kappa shape index (κ3) is 2.20. The van der Waals surface area contributed by atoms with E-state index in [1.807, 2.05) is 12.1 Å². The molecule has 1 aromatic carbocycles. The van der Waals surface area contributed by atoms with Crippen molar-refractivity contribution in [3.8, 4) is 0 Å². The zero-order valence-corrected chi connectivity index (χ0v) is 9.06. The average Bonchev–Trinajstić information content (AvgIpc) is 2.24. The molecular formula is C12H18N2O. The number of hydrogen-bond acceptors (Lipinski definition) is 3. The molecule has 1 aromatic rings. The molecule has 0 radical (unpaired) electrons. The van der Waals surface area contributed by atoms with Gasteiger partial charge in [-0.15, -0.1) is 0 Å². The molecule has 2 rings (SSSR count). The van der Waals surface area contributed by atoms with Gasteiger partial charge in [0.1, 0.15) is 0 Å². The van der Waals surface area contributed by atoms with E-state index in [9.17, 15) is 0 Å². The zero-order chi connectivity index (χ0) is 10.8. The molecule has 0 bridgehead atoms. The first kappa shape index (κ1) is 10.6. The summed E-state index contributed by atoms with van der Waals surface area (Å²) in [5.74, 6) is 0.675. The lowest BCUT2D eigenvalue weighted by atomic mass is 9.91. The van der Waals surface area contributed by atoms with Crippen molar-refractivity contribution in [2.45, 2.75) is 12.0 Å². The predicted octanol–water partition coefficient (Wildman–Crippen LogP) is 0.708. The summed E-state index contributed by atoms with van der Waals surface area (Å²) in [7, 11) is 2.13. The second-order valence-corrected chi connectivity index (χ2v) is 4.37. The number of hydrogen-bond donors (Lipinski definition) is 2. The topological polar surface area (TPSA) is 49.5 Å². The molecule has 1 unspecified atom stereocenters. The van der Waals surface area contributed by atoms with Gasteiger partial charge in [0.25, 0.3) is 0 Å². The Balaban J connectivity index is 2.04. The Labute approximate surface area is 90.5 Å². The molecular weight excluding hydrogens is 188 g/mol. The van der Waals surface area contributed by atoms with Crippen LogP contribution in [0.4, 0.5) is 0 Å². The van der Waals surface area contributed by atoms with E-state index in [0.717, 1.165) is 18.7 Å². The molecule has 3 nitrogen and oxygen atoms in total. The molecule has 1 aliphatic rings. The molecule has 3 N–H and O–H groups in total. The minimum absolute atomic E-state index is 0.00547. The number of likely N-dealkylation sites (N-methyl/N-ethyl adjacent to an activating group) is 1. The normalized spacial score (nSPS) is 19.9. The van der Waals surface area contributed by atoms with Crippen LogP contribution in [0.5, 0.6) is 0 Å². The molecule has 3 heteroatoms. The van der Waals surface area contributed by atoms with Crippen molar-refractivity contribution in [1.29, 1.82) is 0 Å². The Morgan fingerprint density at radius 2 is 2.00 bits per heavy atom. The van der Waals surface area contributed by atoms with Crippen LogP contribution in [0.15, 0.2) is 24.3 Å². The van der Waals surface area contributed by atoms with Gasteiger partial charge in [0.2, 0.25) is 0 Å². The largest absolute Gasteiger partial charge is 0.394 e. The van der Waals surface area contributed by atoms with Crippen LogP contribution in [0.2, 0.25) is 0 Å². The number of nitrogens with zero attached hydrogens (tertiary/aromatic N) is 1. The second kappa shape index (κ2) is 4.31. The van der Waals surface area contributed by atoms with E-state index in [4.69, 9.17) is 10.8 Å². The predicted molar refractivity (Wildman–Crippen MR) is 60.7 cm³/mol. The van der Waals surface area contributed by atoms with E-state index >= 15 is 0 Å². The fraction of sp³-hybridized carbons (Fsp3) is 0.500. The lowest BCUT2D eigenvalue weighted by Gasteiger charge is -2.36. The number of nitrogens with two attached hydrogens (primary N) is 1. The first-order valence-corrected chi connectivity index (χ1v) is 5.35. The summed E-state index contributed by atoms with van der Waals surface area (Å²) >= 11 is 0. The van der Waals surface area contributed by atoms with E-state index in [2.05, 4.69) is 24.1 Å². The fourth-order valence-electron chi connectivity index (χ4n) is 2.03. The van der Waals surface area contributed by atoms with Crippen LogP contribution in [0, 0.1) is 0 Å². The van der Waals surface area contributed by atoms with E-state index < -0.39 is 0 Å². The Kier molecular flexibility index (Phi) is 3.05. The minimum atomic E-state index is -0.247. The average molecular weight is 206 g/mol. The maximum Gasteiger partial charge on any atom is 0.0624 e. The van der Waals surface area contributed by atoms with E-state index in [1.54, 1.807) is 0 Å². The molecule has 0 spiro atoms. The maximum absolute atomic E-state index is 8.93. The van der Waals surface area contributed by atoms with Crippen LogP contribution in [0.25, 0.3) is 0 Å². The third-order valence-corrected chi connectivity index (χ3v) is 3.10. The Morgan fingerprint density at radius 3 is 2.47 bits per heavy atom. The monoisotopic (exact) mass is 206 g/mol. The zero-order valence-electron chi connectivity index (χ0n) is 9.06. The molecule has 1 fully saturated rings. The minimum Gasteiger partial charge on any atom is -0.394 e. The summed E-state index contributed by atoms with van der Waals surface area (Å²) in [5, 5.41) is 8.93. The number of aliphatic hydroxyl groups excluding tert-OH is 1. The summed E-state index contributed by atoms with van der Waals surface area (Å²) in [6, 6.07) is 8.05. The van der Waals surface area contributed by atoms with Gasteiger partial charge in [-0.05, 0) is 18.2 Å². The van der Waals surface area contributed by atoms with E-state index in [-0.39, 0.29) is 12.6 Å². The highest BCUT2D eigenvalue weighted by molar-refractivity contribution is 5.29. The van der Waals surface area contributed by atoms with Crippen molar-refractivity contribution in [3.05, 3.63) is 35.4 Å². The van der Waals surface area contributed by atoms with Crippen LogP contribution in [-0.2, 0) is 0 Å².